The molecule has 134 valence electrons. The molecule has 5 nitrogen and oxygen atoms in total. The molecule has 0 aromatic heterocycles. The fourth-order valence-electron chi connectivity index (χ4n) is 2.87. The molecule has 3 rings (SSSR count). The predicted octanol–water partition coefficient (Wildman–Crippen LogP) is 3.64. The van der Waals surface area contributed by atoms with E-state index < -0.39 is 11.9 Å². The van der Waals surface area contributed by atoms with Crippen LogP contribution in [0.15, 0.2) is 48.5 Å². The smallest absolute Gasteiger partial charge is 0.311 e. The summed E-state index contributed by atoms with van der Waals surface area (Å²) < 4.78 is 5.34. The number of ether oxygens (including phenoxy) is 1. The van der Waals surface area contributed by atoms with Crippen LogP contribution >= 0.6 is 11.6 Å². The van der Waals surface area contributed by atoms with Crippen LogP contribution in [0.1, 0.15) is 29.3 Å². The van der Waals surface area contributed by atoms with E-state index in [2.05, 4.69) is 0 Å². The highest BCUT2D eigenvalue weighted by atomic mass is 35.5. The fraction of sp³-hybridized carbons (Fsp3) is 0.250. The van der Waals surface area contributed by atoms with Crippen molar-refractivity contribution in [2.75, 3.05) is 11.4 Å². The summed E-state index contributed by atoms with van der Waals surface area (Å²) in [6.45, 7) is 1.89. The van der Waals surface area contributed by atoms with Gasteiger partial charge in [-0.25, -0.2) is 0 Å². The van der Waals surface area contributed by atoms with E-state index in [-0.39, 0.29) is 31.3 Å². The fourth-order valence-corrected chi connectivity index (χ4v) is 3.05. The number of rotatable bonds is 5. The number of hydrogen-bond donors (Lipinski definition) is 0. The molecule has 26 heavy (non-hydrogen) atoms. The zero-order valence-electron chi connectivity index (χ0n) is 14.3. The Morgan fingerprint density at radius 2 is 1.92 bits per heavy atom. The number of esters is 1. The molecule has 1 fully saturated rings. The molecule has 1 heterocycles. The van der Waals surface area contributed by atoms with Crippen LogP contribution in [0, 0.1) is 5.92 Å². The minimum Gasteiger partial charge on any atom is -0.461 e. The van der Waals surface area contributed by atoms with Crippen LogP contribution in [0.3, 0.4) is 0 Å². The maximum atomic E-state index is 12.3. The summed E-state index contributed by atoms with van der Waals surface area (Å²) in [6, 6.07) is 13.9. The molecular formula is C20H18ClNO4. The topological polar surface area (TPSA) is 63.7 Å². The number of benzene rings is 2. The van der Waals surface area contributed by atoms with Crippen LogP contribution in [-0.2, 0) is 20.9 Å². The molecule has 1 amide bonds. The summed E-state index contributed by atoms with van der Waals surface area (Å²) in [6.07, 6.45) is 0.120. The minimum absolute atomic E-state index is 0.0147. The van der Waals surface area contributed by atoms with E-state index in [4.69, 9.17) is 16.3 Å². The highest BCUT2D eigenvalue weighted by Gasteiger charge is 2.36. The lowest BCUT2D eigenvalue weighted by Crippen LogP contribution is -2.26. The molecule has 1 aliphatic heterocycles. The van der Waals surface area contributed by atoms with Crippen molar-refractivity contribution in [2.45, 2.75) is 20.0 Å². The molecule has 1 saturated heterocycles. The third-order valence-corrected chi connectivity index (χ3v) is 4.55. The molecule has 0 bridgehead atoms. The Morgan fingerprint density at radius 3 is 2.58 bits per heavy atom. The molecule has 1 atom stereocenters. The van der Waals surface area contributed by atoms with Gasteiger partial charge in [0.1, 0.15) is 6.61 Å². The third kappa shape index (κ3) is 4.11. The van der Waals surface area contributed by atoms with Crippen LogP contribution in [-0.4, -0.2) is 24.2 Å². The van der Waals surface area contributed by atoms with Crippen molar-refractivity contribution in [3.05, 3.63) is 64.7 Å². The Balaban J connectivity index is 1.58. The van der Waals surface area contributed by atoms with E-state index >= 15 is 0 Å². The zero-order chi connectivity index (χ0) is 18.7. The van der Waals surface area contributed by atoms with Gasteiger partial charge in [0.2, 0.25) is 5.91 Å². The lowest BCUT2D eigenvalue weighted by atomic mass is 10.1. The molecule has 6 heteroatoms. The molecule has 0 unspecified atom stereocenters. The number of nitrogens with zero attached hydrogens (tertiary/aromatic N) is 1. The third-order valence-electron chi connectivity index (χ3n) is 4.32. The minimum atomic E-state index is -0.502. The number of amides is 1. The average Bonchev–Trinajstić information content (AvgIpc) is 3.02. The lowest BCUT2D eigenvalue weighted by molar-refractivity contribution is -0.149. The molecule has 0 aliphatic carbocycles. The molecule has 2 aromatic rings. The number of anilines is 1. The SMILES string of the molecule is CC(=O)c1ccc(COC(=O)[C@H]2CC(=O)N(c3cccc(Cl)c3)C2)cc1. The molecule has 2 aromatic carbocycles. The number of halogens is 1. The normalized spacial score (nSPS) is 16.6. The van der Waals surface area contributed by atoms with Gasteiger partial charge in [-0.2, -0.15) is 0 Å². The quantitative estimate of drug-likeness (QED) is 0.594. The van der Waals surface area contributed by atoms with E-state index in [9.17, 15) is 14.4 Å². The maximum Gasteiger partial charge on any atom is 0.311 e. The Labute approximate surface area is 156 Å². The van der Waals surface area contributed by atoms with E-state index in [0.29, 0.717) is 16.3 Å². The van der Waals surface area contributed by atoms with E-state index in [1.165, 1.54) is 6.92 Å². The standard InChI is InChI=1S/C20H18ClNO4/c1-13(23)15-7-5-14(6-8-15)12-26-20(25)16-9-19(24)22(11-16)18-4-2-3-17(21)10-18/h2-8,10,16H,9,11-12H2,1H3/t16-/m0/s1. The van der Waals surface area contributed by atoms with Gasteiger partial charge in [0, 0.05) is 29.2 Å². The van der Waals surface area contributed by atoms with Crippen molar-refractivity contribution in [1.82, 2.24) is 0 Å². The second kappa shape index (κ2) is 7.70. The summed E-state index contributed by atoms with van der Waals surface area (Å²) in [7, 11) is 0. The van der Waals surface area contributed by atoms with Gasteiger partial charge in [-0.15, -0.1) is 0 Å². The van der Waals surface area contributed by atoms with Crippen molar-refractivity contribution in [2.24, 2.45) is 5.92 Å². The summed E-state index contributed by atoms with van der Waals surface area (Å²) in [5, 5.41) is 0.537. The van der Waals surface area contributed by atoms with Gasteiger partial charge in [0.05, 0.1) is 5.92 Å². The van der Waals surface area contributed by atoms with E-state index in [0.717, 1.165) is 5.56 Å². The molecule has 0 N–H and O–H groups in total. The average molecular weight is 372 g/mol. The number of ketones is 1. The number of carbonyl (C=O) groups is 3. The molecule has 0 radical (unpaired) electrons. The number of hydrogen-bond acceptors (Lipinski definition) is 4. The van der Waals surface area contributed by atoms with E-state index in [1.54, 1.807) is 53.4 Å². The monoisotopic (exact) mass is 371 g/mol. The molecule has 1 aliphatic rings. The van der Waals surface area contributed by atoms with Gasteiger partial charge in [-0.05, 0) is 30.7 Å². The molecular weight excluding hydrogens is 354 g/mol. The number of Topliss-reactive ketones (excluding diaryl/α,β-unsaturated/α-hetero) is 1. The second-order valence-corrected chi connectivity index (χ2v) is 6.68. The highest BCUT2D eigenvalue weighted by Crippen LogP contribution is 2.27. The first kappa shape index (κ1) is 18.1. The Bertz CT molecular complexity index is 847. The summed E-state index contributed by atoms with van der Waals surface area (Å²) >= 11 is 5.97. The van der Waals surface area contributed by atoms with Crippen LogP contribution < -0.4 is 4.90 Å². The first-order chi connectivity index (χ1) is 12.4. The lowest BCUT2D eigenvalue weighted by Gasteiger charge is -2.16. The Morgan fingerprint density at radius 1 is 1.19 bits per heavy atom. The van der Waals surface area contributed by atoms with Gasteiger partial charge in [0.15, 0.2) is 5.78 Å². The van der Waals surface area contributed by atoms with Crippen molar-refractivity contribution in [3.8, 4) is 0 Å². The van der Waals surface area contributed by atoms with Crippen molar-refractivity contribution < 1.29 is 19.1 Å². The van der Waals surface area contributed by atoms with Crippen molar-refractivity contribution in [1.29, 1.82) is 0 Å². The van der Waals surface area contributed by atoms with Crippen LogP contribution in [0.25, 0.3) is 0 Å². The summed E-state index contributed by atoms with van der Waals surface area (Å²) in [4.78, 5) is 37.3. The zero-order valence-corrected chi connectivity index (χ0v) is 15.0. The van der Waals surface area contributed by atoms with Crippen LogP contribution in [0.4, 0.5) is 5.69 Å². The maximum absolute atomic E-state index is 12.3. The first-order valence-corrected chi connectivity index (χ1v) is 8.64. The summed E-state index contributed by atoms with van der Waals surface area (Å²) in [5.74, 6) is -1.05. The van der Waals surface area contributed by atoms with Gasteiger partial charge >= 0.3 is 5.97 Å². The largest absolute Gasteiger partial charge is 0.461 e. The van der Waals surface area contributed by atoms with Crippen LogP contribution in [0.5, 0.6) is 0 Å². The molecule has 0 spiro atoms. The van der Waals surface area contributed by atoms with Gasteiger partial charge in [-0.1, -0.05) is 41.9 Å². The first-order valence-electron chi connectivity index (χ1n) is 8.26. The van der Waals surface area contributed by atoms with Gasteiger partial charge < -0.3 is 9.64 Å². The summed E-state index contributed by atoms with van der Waals surface area (Å²) in [5.41, 5.74) is 2.08. The predicted molar refractivity (Wildman–Crippen MR) is 98.2 cm³/mol. The second-order valence-electron chi connectivity index (χ2n) is 6.25. The van der Waals surface area contributed by atoms with Gasteiger partial charge in [0.25, 0.3) is 0 Å². The van der Waals surface area contributed by atoms with E-state index in [1.807, 2.05) is 0 Å². The van der Waals surface area contributed by atoms with Gasteiger partial charge in [-0.3, -0.25) is 14.4 Å². The highest BCUT2D eigenvalue weighted by molar-refractivity contribution is 6.31. The molecule has 0 saturated carbocycles. The van der Waals surface area contributed by atoms with Crippen molar-refractivity contribution >= 4 is 34.9 Å². The Kier molecular flexibility index (Phi) is 5.38. The van der Waals surface area contributed by atoms with Crippen molar-refractivity contribution in [3.63, 3.8) is 0 Å². The number of carbonyl (C=O) groups excluding carboxylic acids is 3. The van der Waals surface area contributed by atoms with Crippen LogP contribution in [0.2, 0.25) is 5.02 Å². The Hall–Kier alpha value is -2.66.